The maximum absolute atomic E-state index is 6.03. The Labute approximate surface area is 131 Å². The predicted molar refractivity (Wildman–Crippen MR) is 88.9 cm³/mol. The van der Waals surface area contributed by atoms with Crippen molar-refractivity contribution in [2.75, 3.05) is 18.0 Å². The van der Waals surface area contributed by atoms with Crippen LogP contribution in [0.1, 0.15) is 24.0 Å². The zero-order chi connectivity index (χ0) is 14.5. The van der Waals surface area contributed by atoms with Gasteiger partial charge < -0.3 is 4.90 Å². The highest BCUT2D eigenvalue weighted by Crippen LogP contribution is 2.28. The summed E-state index contributed by atoms with van der Waals surface area (Å²) in [5.41, 5.74) is 3.86. The Balaban J connectivity index is 1.60. The molecule has 0 amide bonds. The van der Waals surface area contributed by atoms with Crippen LogP contribution in [0.2, 0.25) is 0 Å². The minimum absolute atomic E-state index is 0.557. The first-order valence-electron chi connectivity index (χ1n) is 7.64. The van der Waals surface area contributed by atoms with Crippen LogP contribution < -0.4 is 4.90 Å². The van der Waals surface area contributed by atoms with Crippen LogP contribution in [-0.4, -0.2) is 18.1 Å². The molecular weight excluding hydrogens is 280 g/mol. The van der Waals surface area contributed by atoms with Crippen molar-refractivity contribution < 1.29 is 0 Å². The molecule has 21 heavy (non-hydrogen) atoms. The molecule has 2 nitrogen and oxygen atoms in total. The van der Waals surface area contributed by atoms with E-state index >= 15 is 0 Å². The Hall–Kier alpha value is -1.54. The summed E-state index contributed by atoms with van der Waals surface area (Å²) >= 11 is 6.03. The largest absolute Gasteiger partial charge is 0.370 e. The molecule has 1 aromatic heterocycles. The number of piperidine rings is 1. The van der Waals surface area contributed by atoms with Crippen molar-refractivity contribution in [2.45, 2.75) is 25.1 Å². The van der Waals surface area contributed by atoms with Crippen molar-refractivity contribution in [3.05, 3.63) is 59.9 Å². The van der Waals surface area contributed by atoms with Gasteiger partial charge in [0.1, 0.15) is 0 Å². The van der Waals surface area contributed by atoms with E-state index in [0.29, 0.717) is 5.88 Å². The van der Waals surface area contributed by atoms with E-state index in [4.69, 9.17) is 11.6 Å². The molecule has 0 radical (unpaired) electrons. The average molecular weight is 301 g/mol. The van der Waals surface area contributed by atoms with Crippen molar-refractivity contribution >= 4 is 17.3 Å². The molecule has 1 aliphatic heterocycles. The molecule has 1 saturated heterocycles. The maximum atomic E-state index is 6.03. The Morgan fingerprint density at radius 2 is 1.86 bits per heavy atom. The normalized spacial score (nSPS) is 16.1. The number of anilines is 1. The summed E-state index contributed by atoms with van der Waals surface area (Å²) in [4.78, 5) is 6.69. The number of hydrogen-bond acceptors (Lipinski definition) is 2. The molecule has 3 heteroatoms. The van der Waals surface area contributed by atoms with Gasteiger partial charge in [-0.3, -0.25) is 4.98 Å². The Bertz CT molecular complexity index is 562. The molecule has 0 aliphatic carbocycles. The molecule has 2 aromatic rings. The first-order valence-corrected chi connectivity index (χ1v) is 8.18. The van der Waals surface area contributed by atoms with Gasteiger partial charge in [-0.1, -0.05) is 30.3 Å². The molecule has 0 N–H and O–H groups in total. The summed E-state index contributed by atoms with van der Waals surface area (Å²) in [7, 11) is 0. The summed E-state index contributed by atoms with van der Waals surface area (Å²) in [6, 6.07) is 12.8. The number of rotatable bonds is 4. The summed E-state index contributed by atoms with van der Waals surface area (Å²) < 4.78 is 0. The van der Waals surface area contributed by atoms with Crippen LogP contribution in [0.25, 0.3) is 0 Å². The Morgan fingerprint density at radius 1 is 1.10 bits per heavy atom. The van der Waals surface area contributed by atoms with Gasteiger partial charge in [-0.25, -0.2) is 0 Å². The number of benzene rings is 1. The molecule has 1 fully saturated rings. The fourth-order valence-electron chi connectivity index (χ4n) is 3.14. The highest BCUT2D eigenvalue weighted by atomic mass is 35.5. The summed E-state index contributed by atoms with van der Waals surface area (Å²) in [6.07, 6.45) is 7.46. The van der Waals surface area contributed by atoms with Gasteiger partial charge >= 0.3 is 0 Å². The Morgan fingerprint density at radius 3 is 2.57 bits per heavy atom. The van der Waals surface area contributed by atoms with Crippen LogP contribution in [-0.2, 0) is 12.3 Å². The van der Waals surface area contributed by atoms with E-state index in [2.05, 4.69) is 40.2 Å². The third-order valence-corrected chi connectivity index (χ3v) is 4.64. The lowest BCUT2D eigenvalue weighted by atomic mass is 9.90. The molecule has 1 aliphatic rings. The SMILES string of the molecule is ClCc1ccncc1N1CCC(Cc2ccccc2)CC1. The quantitative estimate of drug-likeness (QED) is 0.784. The topological polar surface area (TPSA) is 16.1 Å². The molecule has 2 heterocycles. The van der Waals surface area contributed by atoms with E-state index < -0.39 is 0 Å². The van der Waals surface area contributed by atoms with E-state index in [1.165, 1.54) is 36.1 Å². The monoisotopic (exact) mass is 300 g/mol. The van der Waals surface area contributed by atoms with E-state index in [-0.39, 0.29) is 0 Å². The molecule has 0 unspecified atom stereocenters. The molecule has 1 aromatic carbocycles. The predicted octanol–water partition coefficient (Wildman–Crippen LogP) is 4.28. The molecule has 0 saturated carbocycles. The van der Waals surface area contributed by atoms with Crippen LogP contribution in [0.3, 0.4) is 0 Å². The van der Waals surface area contributed by atoms with Crippen LogP contribution >= 0.6 is 11.6 Å². The van der Waals surface area contributed by atoms with Gasteiger partial charge in [0.25, 0.3) is 0 Å². The van der Waals surface area contributed by atoms with Crippen LogP contribution in [0.15, 0.2) is 48.8 Å². The second-order valence-electron chi connectivity index (χ2n) is 5.76. The zero-order valence-electron chi connectivity index (χ0n) is 12.2. The van der Waals surface area contributed by atoms with E-state index in [1.54, 1.807) is 0 Å². The van der Waals surface area contributed by atoms with Crippen LogP contribution in [0.5, 0.6) is 0 Å². The third-order valence-electron chi connectivity index (χ3n) is 4.35. The second-order valence-corrected chi connectivity index (χ2v) is 6.03. The minimum Gasteiger partial charge on any atom is -0.370 e. The van der Waals surface area contributed by atoms with E-state index in [0.717, 1.165) is 19.0 Å². The van der Waals surface area contributed by atoms with Gasteiger partial charge in [0, 0.05) is 25.2 Å². The fraction of sp³-hybridized carbons (Fsp3) is 0.389. The standard InChI is InChI=1S/C18H21ClN2/c19-13-17-6-9-20-14-18(17)21-10-7-16(8-11-21)12-15-4-2-1-3-5-15/h1-6,9,14,16H,7-8,10-13H2. The number of hydrogen-bond donors (Lipinski definition) is 0. The third kappa shape index (κ3) is 3.56. The summed E-state index contributed by atoms with van der Waals surface area (Å²) in [5, 5.41) is 0. The molecule has 3 rings (SSSR count). The lowest BCUT2D eigenvalue weighted by molar-refractivity contribution is 0.403. The lowest BCUT2D eigenvalue weighted by Gasteiger charge is -2.34. The zero-order valence-corrected chi connectivity index (χ0v) is 13.0. The maximum Gasteiger partial charge on any atom is 0.0597 e. The second kappa shape index (κ2) is 6.95. The van der Waals surface area contributed by atoms with Crippen molar-refractivity contribution in [1.29, 1.82) is 0 Å². The summed E-state index contributed by atoms with van der Waals surface area (Å²) in [6.45, 7) is 2.21. The van der Waals surface area contributed by atoms with E-state index in [9.17, 15) is 0 Å². The minimum atomic E-state index is 0.557. The smallest absolute Gasteiger partial charge is 0.0597 e. The molecule has 110 valence electrons. The number of alkyl halides is 1. The van der Waals surface area contributed by atoms with Gasteiger partial charge in [-0.15, -0.1) is 11.6 Å². The lowest BCUT2D eigenvalue weighted by Crippen LogP contribution is -2.34. The molecule has 0 atom stereocenters. The van der Waals surface area contributed by atoms with Crippen molar-refractivity contribution in [3.8, 4) is 0 Å². The number of nitrogens with zero attached hydrogens (tertiary/aromatic N) is 2. The van der Waals surface area contributed by atoms with Crippen molar-refractivity contribution in [3.63, 3.8) is 0 Å². The van der Waals surface area contributed by atoms with Gasteiger partial charge in [0.15, 0.2) is 0 Å². The number of pyridine rings is 1. The van der Waals surface area contributed by atoms with Crippen molar-refractivity contribution in [1.82, 2.24) is 4.98 Å². The van der Waals surface area contributed by atoms with E-state index in [1.807, 2.05) is 18.5 Å². The van der Waals surface area contributed by atoms with Gasteiger partial charge in [-0.05, 0) is 42.4 Å². The highest BCUT2D eigenvalue weighted by Gasteiger charge is 2.21. The van der Waals surface area contributed by atoms with Gasteiger partial charge in [0.05, 0.1) is 11.9 Å². The average Bonchev–Trinajstić information content (AvgIpc) is 2.56. The summed E-state index contributed by atoms with van der Waals surface area (Å²) in [5.74, 6) is 1.35. The van der Waals surface area contributed by atoms with Crippen LogP contribution in [0, 0.1) is 5.92 Å². The van der Waals surface area contributed by atoms with Gasteiger partial charge in [-0.2, -0.15) is 0 Å². The molecule has 0 bridgehead atoms. The van der Waals surface area contributed by atoms with Gasteiger partial charge in [0.2, 0.25) is 0 Å². The first kappa shape index (κ1) is 14.4. The first-order chi connectivity index (χ1) is 10.4. The van der Waals surface area contributed by atoms with Crippen molar-refractivity contribution in [2.24, 2.45) is 5.92 Å². The Kier molecular flexibility index (Phi) is 4.76. The fourth-order valence-corrected chi connectivity index (χ4v) is 3.36. The molecule has 0 spiro atoms. The van der Waals surface area contributed by atoms with Crippen LogP contribution in [0.4, 0.5) is 5.69 Å². The number of aromatic nitrogens is 1. The molecular formula is C18H21ClN2. The highest BCUT2D eigenvalue weighted by molar-refractivity contribution is 6.17. The number of halogens is 1.